The molecule has 162 valence electrons. The highest BCUT2D eigenvalue weighted by atomic mass is 32.1. The van der Waals surface area contributed by atoms with Crippen molar-refractivity contribution in [2.75, 3.05) is 6.54 Å². The molecule has 1 heterocycles. The second-order valence-electron chi connectivity index (χ2n) is 8.02. The Morgan fingerprint density at radius 2 is 2.10 bits per heavy atom. The standard InChI is InChI=1S/C24H27N3O3S/c1-2-27(16-8-10-19-21(13-16)31-14-26-19)20(11-12-22(25)28)23-17-6-4-3-5-15(17)7-9-18(23)24(29)30/h3-7,9,14,16,20H,2,8,10-13H2,1H3,(H2,25,28)(H,29,30). The van der Waals surface area contributed by atoms with Crippen molar-refractivity contribution in [3.8, 4) is 0 Å². The molecule has 1 aliphatic rings. The summed E-state index contributed by atoms with van der Waals surface area (Å²) >= 11 is 1.69. The van der Waals surface area contributed by atoms with Crippen molar-refractivity contribution >= 4 is 34.0 Å². The van der Waals surface area contributed by atoms with E-state index in [1.165, 1.54) is 10.6 Å². The van der Waals surface area contributed by atoms with Gasteiger partial charge >= 0.3 is 5.97 Å². The summed E-state index contributed by atoms with van der Waals surface area (Å²) in [7, 11) is 0. The zero-order chi connectivity index (χ0) is 22.0. The molecule has 6 nitrogen and oxygen atoms in total. The number of likely N-dealkylation sites (N-methyl/N-ethyl adjacent to an activating group) is 1. The quantitative estimate of drug-likeness (QED) is 0.551. The third-order valence-electron chi connectivity index (χ3n) is 6.29. The Bertz CT molecular complexity index is 1110. The molecule has 1 amide bonds. The first kappa shape index (κ1) is 21.5. The van der Waals surface area contributed by atoms with Crippen LogP contribution in [0.1, 0.15) is 58.7 Å². The van der Waals surface area contributed by atoms with Crippen LogP contribution in [0, 0.1) is 0 Å². The number of primary amides is 1. The lowest BCUT2D eigenvalue weighted by Crippen LogP contribution is -2.42. The van der Waals surface area contributed by atoms with Crippen LogP contribution in [-0.2, 0) is 17.6 Å². The average Bonchev–Trinajstić information content (AvgIpc) is 3.23. The predicted molar refractivity (Wildman–Crippen MR) is 122 cm³/mol. The lowest BCUT2D eigenvalue weighted by molar-refractivity contribution is -0.118. The molecule has 3 N–H and O–H groups in total. The summed E-state index contributed by atoms with van der Waals surface area (Å²) in [5.74, 6) is -1.32. The summed E-state index contributed by atoms with van der Waals surface area (Å²) in [6, 6.07) is 11.4. The molecule has 0 saturated heterocycles. The van der Waals surface area contributed by atoms with Crippen LogP contribution in [0.15, 0.2) is 41.9 Å². The van der Waals surface area contributed by atoms with E-state index in [9.17, 15) is 14.7 Å². The minimum Gasteiger partial charge on any atom is -0.478 e. The molecule has 7 heteroatoms. The van der Waals surface area contributed by atoms with Crippen molar-refractivity contribution in [3.63, 3.8) is 0 Å². The number of benzene rings is 2. The third-order valence-corrected chi connectivity index (χ3v) is 7.19. The van der Waals surface area contributed by atoms with Gasteiger partial charge in [0.05, 0.1) is 16.8 Å². The lowest BCUT2D eigenvalue weighted by atomic mass is 9.87. The van der Waals surface area contributed by atoms with Crippen molar-refractivity contribution in [3.05, 3.63) is 63.6 Å². The number of nitrogens with two attached hydrogens (primary N) is 1. The van der Waals surface area contributed by atoms with Gasteiger partial charge in [-0.25, -0.2) is 9.78 Å². The number of fused-ring (bicyclic) bond motifs is 2. The van der Waals surface area contributed by atoms with Crippen LogP contribution < -0.4 is 5.73 Å². The average molecular weight is 438 g/mol. The first-order valence-corrected chi connectivity index (χ1v) is 11.6. The van der Waals surface area contributed by atoms with E-state index in [0.717, 1.165) is 42.1 Å². The van der Waals surface area contributed by atoms with Gasteiger partial charge in [-0.05, 0) is 54.6 Å². The SMILES string of the molecule is CCN(C1CCc2ncsc2C1)C(CCC(N)=O)c1c(C(=O)O)ccc2ccccc12. The fourth-order valence-electron chi connectivity index (χ4n) is 4.90. The molecule has 2 atom stereocenters. The monoisotopic (exact) mass is 437 g/mol. The van der Waals surface area contributed by atoms with E-state index in [2.05, 4.69) is 16.8 Å². The lowest BCUT2D eigenvalue weighted by Gasteiger charge is -2.40. The van der Waals surface area contributed by atoms with E-state index in [1.54, 1.807) is 17.4 Å². The van der Waals surface area contributed by atoms with Crippen LogP contribution in [0.25, 0.3) is 10.8 Å². The molecule has 2 unspecified atom stereocenters. The van der Waals surface area contributed by atoms with Crippen LogP contribution in [-0.4, -0.2) is 39.5 Å². The van der Waals surface area contributed by atoms with Crippen molar-refractivity contribution in [2.45, 2.75) is 51.1 Å². The molecule has 0 bridgehead atoms. The van der Waals surface area contributed by atoms with Crippen LogP contribution in [0.5, 0.6) is 0 Å². The first-order chi connectivity index (χ1) is 15.0. The molecule has 0 spiro atoms. The van der Waals surface area contributed by atoms with Gasteiger partial charge in [-0.15, -0.1) is 11.3 Å². The maximum atomic E-state index is 12.2. The van der Waals surface area contributed by atoms with E-state index >= 15 is 0 Å². The summed E-state index contributed by atoms with van der Waals surface area (Å²) in [5.41, 5.74) is 9.68. The number of aromatic carboxylic acids is 1. The fourth-order valence-corrected chi connectivity index (χ4v) is 5.78. The van der Waals surface area contributed by atoms with E-state index in [1.807, 2.05) is 35.8 Å². The van der Waals surface area contributed by atoms with E-state index in [0.29, 0.717) is 12.0 Å². The van der Waals surface area contributed by atoms with Gasteiger partial charge in [-0.3, -0.25) is 9.69 Å². The molecule has 0 saturated carbocycles. The zero-order valence-corrected chi connectivity index (χ0v) is 18.4. The van der Waals surface area contributed by atoms with E-state index in [4.69, 9.17) is 5.73 Å². The number of carbonyl (C=O) groups is 2. The fraction of sp³-hybridized carbons (Fsp3) is 0.375. The van der Waals surface area contributed by atoms with Crippen LogP contribution in [0.4, 0.5) is 0 Å². The maximum absolute atomic E-state index is 12.2. The Morgan fingerprint density at radius 1 is 1.29 bits per heavy atom. The summed E-state index contributed by atoms with van der Waals surface area (Å²) in [4.78, 5) is 32.1. The van der Waals surface area contributed by atoms with Gasteiger partial charge < -0.3 is 10.8 Å². The van der Waals surface area contributed by atoms with Crippen molar-refractivity contribution in [1.82, 2.24) is 9.88 Å². The maximum Gasteiger partial charge on any atom is 0.336 e. The second kappa shape index (κ2) is 9.16. The molecule has 1 aromatic heterocycles. The van der Waals surface area contributed by atoms with Gasteiger partial charge in [0.1, 0.15) is 0 Å². The molecular formula is C24H27N3O3S. The Kier molecular flexibility index (Phi) is 6.34. The molecule has 2 aromatic carbocycles. The highest BCUT2D eigenvalue weighted by Gasteiger charge is 2.33. The topological polar surface area (TPSA) is 96.5 Å². The highest BCUT2D eigenvalue weighted by molar-refractivity contribution is 7.09. The van der Waals surface area contributed by atoms with Crippen molar-refractivity contribution in [1.29, 1.82) is 0 Å². The highest BCUT2D eigenvalue weighted by Crippen LogP contribution is 2.38. The summed E-state index contributed by atoms with van der Waals surface area (Å²) in [6.07, 6.45) is 3.48. The molecule has 0 radical (unpaired) electrons. The number of rotatable bonds is 8. The number of aryl methyl sites for hydroxylation is 1. The number of aromatic nitrogens is 1. The molecule has 1 aliphatic carbocycles. The van der Waals surface area contributed by atoms with Gasteiger partial charge in [-0.2, -0.15) is 0 Å². The van der Waals surface area contributed by atoms with Crippen molar-refractivity contribution < 1.29 is 14.7 Å². The Hall–Kier alpha value is -2.77. The normalized spacial score (nSPS) is 16.9. The minimum atomic E-state index is -0.950. The van der Waals surface area contributed by atoms with Crippen LogP contribution in [0.3, 0.4) is 0 Å². The Labute approximate surface area is 185 Å². The largest absolute Gasteiger partial charge is 0.478 e. The summed E-state index contributed by atoms with van der Waals surface area (Å²) in [5, 5.41) is 11.9. The second-order valence-corrected chi connectivity index (χ2v) is 8.96. The predicted octanol–water partition coefficient (Wildman–Crippen LogP) is 4.18. The summed E-state index contributed by atoms with van der Waals surface area (Å²) in [6.45, 7) is 2.86. The van der Waals surface area contributed by atoms with Gasteiger partial charge in [0, 0.05) is 23.4 Å². The number of amides is 1. The minimum absolute atomic E-state index is 0.210. The first-order valence-electron chi connectivity index (χ1n) is 10.7. The molecule has 0 fully saturated rings. The van der Waals surface area contributed by atoms with Gasteiger partial charge in [0.15, 0.2) is 0 Å². The number of hydrogen-bond donors (Lipinski definition) is 2. The van der Waals surface area contributed by atoms with Gasteiger partial charge in [0.2, 0.25) is 5.91 Å². The molecular weight excluding hydrogens is 410 g/mol. The number of carboxylic acid groups (broad SMARTS) is 1. The van der Waals surface area contributed by atoms with E-state index < -0.39 is 5.97 Å². The number of hydrogen-bond acceptors (Lipinski definition) is 5. The van der Waals surface area contributed by atoms with Gasteiger partial charge in [0.25, 0.3) is 0 Å². The van der Waals surface area contributed by atoms with Gasteiger partial charge in [-0.1, -0.05) is 37.3 Å². The molecule has 31 heavy (non-hydrogen) atoms. The molecule has 4 rings (SSSR count). The summed E-state index contributed by atoms with van der Waals surface area (Å²) < 4.78 is 0. The zero-order valence-electron chi connectivity index (χ0n) is 17.6. The third kappa shape index (κ3) is 4.34. The van der Waals surface area contributed by atoms with Crippen LogP contribution in [0.2, 0.25) is 0 Å². The molecule has 3 aromatic rings. The Balaban J connectivity index is 1.82. The number of carbonyl (C=O) groups excluding carboxylic acids is 1. The number of nitrogens with zero attached hydrogens (tertiary/aromatic N) is 2. The van der Waals surface area contributed by atoms with Crippen molar-refractivity contribution in [2.24, 2.45) is 5.73 Å². The molecule has 0 aliphatic heterocycles. The van der Waals surface area contributed by atoms with E-state index in [-0.39, 0.29) is 24.4 Å². The smallest absolute Gasteiger partial charge is 0.336 e. The Morgan fingerprint density at radius 3 is 2.84 bits per heavy atom. The number of carboxylic acids is 1. The number of thiazole rings is 1. The van der Waals surface area contributed by atoms with Crippen LogP contribution >= 0.6 is 11.3 Å².